The summed E-state index contributed by atoms with van der Waals surface area (Å²) < 4.78 is 0. The molecule has 1 fully saturated rings. The maximum atomic E-state index is 12.2. The smallest absolute Gasteiger partial charge is 0.248 e. The van der Waals surface area contributed by atoms with E-state index in [9.17, 15) is 14.4 Å². The fourth-order valence-corrected chi connectivity index (χ4v) is 2.34. The molecule has 0 radical (unpaired) electrons. The Morgan fingerprint density at radius 2 is 2.00 bits per heavy atom. The van der Waals surface area contributed by atoms with Gasteiger partial charge in [-0.15, -0.1) is 0 Å². The van der Waals surface area contributed by atoms with E-state index in [1.165, 1.54) is 6.08 Å². The molecule has 22 heavy (non-hydrogen) atoms. The zero-order valence-corrected chi connectivity index (χ0v) is 12.4. The minimum atomic E-state index is -0.484. The highest BCUT2D eigenvalue weighted by Crippen LogP contribution is 2.10. The number of nitrogens with two attached hydrogens (primary N) is 1. The highest BCUT2D eigenvalue weighted by Gasteiger charge is 2.23. The molecule has 1 aromatic rings. The number of nitrogens with zero attached hydrogens (tertiary/aromatic N) is 1. The highest BCUT2D eigenvalue weighted by atomic mass is 16.2. The van der Waals surface area contributed by atoms with Gasteiger partial charge in [-0.05, 0) is 30.7 Å². The number of carbonyl (C=O) groups excluding carboxylic acids is 3. The van der Waals surface area contributed by atoms with Crippen molar-refractivity contribution in [1.29, 1.82) is 0 Å². The van der Waals surface area contributed by atoms with Crippen LogP contribution in [0.25, 0.3) is 6.08 Å². The first kappa shape index (κ1) is 15.8. The van der Waals surface area contributed by atoms with Crippen molar-refractivity contribution in [1.82, 2.24) is 10.2 Å². The third-order valence-corrected chi connectivity index (χ3v) is 3.58. The maximum absolute atomic E-state index is 12.2. The lowest BCUT2D eigenvalue weighted by Gasteiger charge is -2.24. The van der Waals surface area contributed by atoms with Gasteiger partial charge in [0.25, 0.3) is 0 Å². The number of primary amides is 1. The summed E-state index contributed by atoms with van der Waals surface area (Å²) in [5, 5.41) is 2.75. The van der Waals surface area contributed by atoms with Crippen LogP contribution in [0.1, 0.15) is 29.3 Å². The molecule has 1 aliphatic heterocycles. The first-order valence-corrected chi connectivity index (χ1v) is 7.12. The average molecular weight is 301 g/mol. The predicted octanol–water partition coefficient (Wildman–Crippen LogP) is 0.536. The summed E-state index contributed by atoms with van der Waals surface area (Å²) in [5.74, 6) is -0.654. The monoisotopic (exact) mass is 301 g/mol. The van der Waals surface area contributed by atoms with E-state index in [0.717, 1.165) is 5.56 Å². The molecule has 1 saturated heterocycles. The zero-order chi connectivity index (χ0) is 16.1. The van der Waals surface area contributed by atoms with Crippen LogP contribution in [0.15, 0.2) is 30.3 Å². The van der Waals surface area contributed by atoms with Gasteiger partial charge in [0.2, 0.25) is 17.7 Å². The van der Waals surface area contributed by atoms with Crippen LogP contribution in [-0.4, -0.2) is 41.8 Å². The van der Waals surface area contributed by atoms with Crippen LogP contribution >= 0.6 is 0 Å². The molecule has 6 nitrogen and oxygen atoms in total. The van der Waals surface area contributed by atoms with Crippen LogP contribution in [-0.2, 0) is 9.59 Å². The third kappa shape index (κ3) is 3.94. The van der Waals surface area contributed by atoms with Gasteiger partial charge in [-0.3, -0.25) is 14.4 Å². The van der Waals surface area contributed by atoms with Gasteiger partial charge in [0.15, 0.2) is 0 Å². The summed E-state index contributed by atoms with van der Waals surface area (Å²) in [4.78, 5) is 36.3. The van der Waals surface area contributed by atoms with Gasteiger partial charge in [0.05, 0.1) is 0 Å². The summed E-state index contributed by atoms with van der Waals surface area (Å²) in [7, 11) is 0. The number of carbonyl (C=O) groups is 3. The van der Waals surface area contributed by atoms with Crippen molar-refractivity contribution < 1.29 is 14.4 Å². The largest absolute Gasteiger partial charge is 0.366 e. The summed E-state index contributed by atoms with van der Waals surface area (Å²) >= 11 is 0. The number of hydrogen-bond acceptors (Lipinski definition) is 3. The molecule has 0 aromatic heterocycles. The molecule has 1 heterocycles. The number of rotatable bonds is 3. The second-order valence-electron chi connectivity index (χ2n) is 5.25. The van der Waals surface area contributed by atoms with Crippen molar-refractivity contribution in [3.05, 3.63) is 41.5 Å². The van der Waals surface area contributed by atoms with Crippen molar-refractivity contribution >= 4 is 23.8 Å². The number of benzene rings is 1. The fourth-order valence-electron chi connectivity index (χ4n) is 2.34. The Hall–Kier alpha value is -2.63. The lowest BCUT2D eigenvalue weighted by Crippen LogP contribution is -2.38. The normalized spacial score (nSPS) is 18.9. The van der Waals surface area contributed by atoms with E-state index >= 15 is 0 Å². The first-order valence-electron chi connectivity index (χ1n) is 7.12. The molecule has 1 atom stereocenters. The molecule has 1 aromatic carbocycles. The zero-order valence-electron chi connectivity index (χ0n) is 12.4. The molecule has 1 aliphatic rings. The third-order valence-electron chi connectivity index (χ3n) is 3.58. The van der Waals surface area contributed by atoms with Crippen LogP contribution in [0.4, 0.5) is 0 Å². The van der Waals surface area contributed by atoms with Gasteiger partial charge in [0.1, 0.15) is 0 Å². The Morgan fingerprint density at radius 1 is 1.32 bits per heavy atom. The van der Waals surface area contributed by atoms with Crippen LogP contribution in [0, 0.1) is 0 Å². The van der Waals surface area contributed by atoms with Gasteiger partial charge in [-0.25, -0.2) is 0 Å². The molecule has 3 amide bonds. The van der Waals surface area contributed by atoms with E-state index in [2.05, 4.69) is 5.32 Å². The van der Waals surface area contributed by atoms with Crippen LogP contribution < -0.4 is 11.1 Å². The van der Waals surface area contributed by atoms with Crippen molar-refractivity contribution in [3.8, 4) is 0 Å². The number of nitrogens with one attached hydrogen (secondary N) is 1. The minimum Gasteiger partial charge on any atom is -0.366 e. The molecule has 0 bridgehead atoms. The topological polar surface area (TPSA) is 92.5 Å². The molecule has 1 unspecified atom stereocenters. The number of amides is 3. The Morgan fingerprint density at radius 3 is 2.64 bits per heavy atom. The lowest BCUT2D eigenvalue weighted by molar-refractivity contribution is -0.128. The maximum Gasteiger partial charge on any atom is 0.248 e. The molecule has 0 aliphatic carbocycles. The quantitative estimate of drug-likeness (QED) is 0.798. The van der Waals surface area contributed by atoms with E-state index in [1.54, 1.807) is 35.2 Å². The van der Waals surface area contributed by atoms with Gasteiger partial charge >= 0.3 is 0 Å². The Balaban J connectivity index is 2.03. The standard InChI is InChI=1S/C16H19N3O3/c1-11-10-14(20)18-8-9-19(11)15(21)7-4-12-2-5-13(6-3-12)16(17)22/h2-7,11H,8-10H2,1H3,(H2,17,22)(H,18,20)/b7-4+. The summed E-state index contributed by atoms with van der Waals surface area (Å²) in [5.41, 5.74) is 6.40. The van der Waals surface area contributed by atoms with Gasteiger partial charge < -0.3 is 16.0 Å². The van der Waals surface area contributed by atoms with Crippen LogP contribution in [0.3, 0.4) is 0 Å². The molecule has 6 heteroatoms. The minimum absolute atomic E-state index is 0.0335. The summed E-state index contributed by atoms with van der Waals surface area (Å²) in [6, 6.07) is 6.55. The van der Waals surface area contributed by atoms with Gasteiger partial charge in [-0.2, -0.15) is 0 Å². The Kier molecular flexibility index (Phi) is 4.93. The van der Waals surface area contributed by atoms with Crippen molar-refractivity contribution in [2.45, 2.75) is 19.4 Å². The SMILES string of the molecule is CC1CC(=O)NCCN1C(=O)/C=C/c1ccc(C(N)=O)cc1. The Labute approximate surface area is 129 Å². The lowest BCUT2D eigenvalue weighted by atomic mass is 10.1. The van der Waals surface area contributed by atoms with Gasteiger partial charge in [0, 0.05) is 37.2 Å². The first-order chi connectivity index (χ1) is 10.5. The molecule has 2 rings (SSSR count). The second-order valence-corrected chi connectivity index (χ2v) is 5.25. The molecule has 0 spiro atoms. The van der Waals surface area contributed by atoms with Crippen LogP contribution in [0.5, 0.6) is 0 Å². The van der Waals surface area contributed by atoms with E-state index in [0.29, 0.717) is 25.1 Å². The van der Waals surface area contributed by atoms with Crippen molar-refractivity contribution in [2.75, 3.05) is 13.1 Å². The molecule has 3 N–H and O–H groups in total. The Bertz CT molecular complexity index is 608. The van der Waals surface area contributed by atoms with Crippen molar-refractivity contribution in [2.24, 2.45) is 5.73 Å². The van der Waals surface area contributed by atoms with Gasteiger partial charge in [-0.1, -0.05) is 12.1 Å². The predicted molar refractivity (Wildman–Crippen MR) is 82.8 cm³/mol. The fraction of sp³-hybridized carbons (Fsp3) is 0.312. The van der Waals surface area contributed by atoms with Crippen molar-refractivity contribution in [3.63, 3.8) is 0 Å². The number of hydrogen-bond donors (Lipinski definition) is 2. The highest BCUT2D eigenvalue weighted by molar-refractivity contribution is 5.94. The molecule has 0 saturated carbocycles. The van der Waals surface area contributed by atoms with E-state index < -0.39 is 5.91 Å². The second kappa shape index (κ2) is 6.89. The van der Waals surface area contributed by atoms with E-state index in [-0.39, 0.29) is 17.9 Å². The summed E-state index contributed by atoms with van der Waals surface area (Å²) in [6.45, 7) is 2.82. The average Bonchev–Trinajstić information content (AvgIpc) is 2.65. The van der Waals surface area contributed by atoms with E-state index in [1.807, 2.05) is 6.92 Å². The molecule has 116 valence electrons. The molecular weight excluding hydrogens is 282 g/mol. The molecular formula is C16H19N3O3. The summed E-state index contributed by atoms with van der Waals surface area (Å²) in [6.07, 6.45) is 3.47. The van der Waals surface area contributed by atoms with E-state index in [4.69, 9.17) is 5.73 Å². The van der Waals surface area contributed by atoms with Crippen LogP contribution in [0.2, 0.25) is 0 Å².